The van der Waals surface area contributed by atoms with Crippen molar-refractivity contribution in [2.24, 2.45) is 0 Å². The fraction of sp³-hybridized carbons (Fsp3) is 0.462. The number of rotatable bonds is 6. The van der Waals surface area contributed by atoms with Crippen molar-refractivity contribution in [3.05, 3.63) is 23.8 Å². The van der Waals surface area contributed by atoms with Crippen molar-refractivity contribution in [1.82, 2.24) is 0 Å². The summed E-state index contributed by atoms with van der Waals surface area (Å²) in [6.07, 6.45) is 0.693. The highest BCUT2D eigenvalue weighted by molar-refractivity contribution is 7.65. The smallest absolute Gasteiger partial charge is 0.249 e. The Hall–Kier alpha value is -1.41. The van der Waals surface area contributed by atoms with Crippen LogP contribution in [0.15, 0.2) is 18.2 Å². The zero-order valence-corrected chi connectivity index (χ0v) is 12.0. The predicted octanol–water partition coefficient (Wildman–Crippen LogP) is 3.47. The van der Waals surface area contributed by atoms with Crippen LogP contribution in [0.1, 0.15) is 30.6 Å². The van der Waals surface area contributed by atoms with Crippen molar-refractivity contribution >= 4 is 13.3 Å². The molecule has 99 valence electrons. The molecule has 0 aromatic heterocycles. The lowest BCUT2D eigenvalue weighted by molar-refractivity contribution is 0.107. The molecule has 2 unspecified atom stereocenters. The van der Waals surface area contributed by atoms with E-state index < -0.39 is 13.3 Å². The summed E-state index contributed by atoms with van der Waals surface area (Å²) in [5, 5.41) is 0. The molecule has 0 bridgehead atoms. The van der Waals surface area contributed by atoms with E-state index in [-0.39, 0.29) is 11.2 Å². The Labute approximate surface area is 108 Å². The molecule has 5 heteroatoms. The second-order valence-corrected chi connectivity index (χ2v) is 5.87. The van der Waals surface area contributed by atoms with Crippen LogP contribution in [0.5, 0.6) is 11.5 Å². The van der Waals surface area contributed by atoms with Gasteiger partial charge in [-0.15, -0.1) is 0 Å². The second-order valence-electron chi connectivity index (χ2n) is 3.93. The van der Waals surface area contributed by atoms with Gasteiger partial charge in [-0.1, -0.05) is 19.9 Å². The van der Waals surface area contributed by atoms with E-state index in [4.69, 9.17) is 9.47 Å². The summed E-state index contributed by atoms with van der Waals surface area (Å²) in [7, 11) is 0.976. The molecule has 0 aliphatic carbocycles. The minimum atomic E-state index is -1.97. The maximum Gasteiger partial charge on any atom is 0.249 e. The fourth-order valence-corrected chi connectivity index (χ4v) is 2.71. The van der Waals surface area contributed by atoms with Crippen LogP contribution in [0, 0.1) is 0 Å². The standard InChI is InChI=1S/C13H18O4P/c1-5-9(2)18(15)13(14)12-10(16-3)7-6-8-11(12)17-4/h6-9H,5H2,1-4H3. The molecule has 0 saturated carbocycles. The molecule has 1 aromatic carbocycles. The molecule has 0 saturated heterocycles. The summed E-state index contributed by atoms with van der Waals surface area (Å²) < 4.78 is 22.4. The minimum Gasteiger partial charge on any atom is -0.496 e. The van der Waals surface area contributed by atoms with Gasteiger partial charge < -0.3 is 9.47 Å². The van der Waals surface area contributed by atoms with Crippen LogP contribution >= 0.6 is 7.80 Å². The van der Waals surface area contributed by atoms with Gasteiger partial charge >= 0.3 is 0 Å². The summed E-state index contributed by atoms with van der Waals surface area (Å²) in [5.41, 5.74) is -0.292. The third-order valence-electron chi connectivity index (χ3n) is 2.83. The van der Waals surface area contributed by atoms with Crippen molar-refractivity contribution in [2.75, 3.05) is 14.2 Å². The number of ether oxygens (including phenoxy) is 2. The fourth-order valence-electron chi connectivity index (χ4n) is 1.54. The molecule has 1 aromatic rings. The predicted molar refractivity (Wildman–Crippen MR) is 71.2 cm³/mol. The molecular weight excluding hydrogens is 251 g/mol. The highest BCUT2D eigenvalue weighted by Crippen LogP contribution is 2.40. The zero-order chi connectivity index (χ0) is 13.7. The third-order valence-corrected chi connectivity index (χ3v) is 4.62. The lowest BCUT2D eigenvalue weighted by Gasteiger charge is -2.13. The Morgan fingerprint density at radius 1 is 1.28 bits per heavy atom. The number of carbonyl (C=O) groups is 1. The molecule has 18 heavy (non-hydrogen) atoms. The first-order chi connectivity index (χ1) is 8.56. The monoisotopic (exact) mass is 269 g/mol. The first-order valence-electron chi connectivity index (χ1n) is 5.78. The lowest BCUT2D eigenvalue weighted by atomic mass is 10.2. The van der Waals surface area contributed by atoms with E-state index in [1.54, 1.807) is 25.1 Å². The van der Waals surface area contributed by atoms with Gasteiger partial charge in [0, 0.05) is 5.66 Å². The Morgan fingerprint density at radius 3 is 2.17 bits per heavy atom. The van der Waals surface area contributed by atoms with Crippen molar-refractivity contribution in [3.8, 4) is 11.5 Å². The minimum absolute atomic E-state index is 0.151. The average Bonchev–Trinajstić information content (AvgIpc) is 2.43. The molecule has 1 radical (unpaired) electrons. The number of carbonyl (C=O) groups excluding carboxylic acids is 1. The van der Waals surface area contributed by atoms with Gasteiger partial charge in [0.25, 0.3) is 0 Å². The Balaban J connectivity index is 3.23. The normalized spacial score (nSPS) is 12.8. The van der Waals surface area contributed by atoms with Gasteiger partial charge in [0.15, 0.2) is 0 Å². The third kappa shape index (κ3) is 2.88. The Morgan fingerprint density at radius 2 is 1.78 bits per heavy atom. The molecule has 0 fully saturated rings. The summed E-state index contributed by atoms with van der Waals surface area (Å²) >= 11 is 0. The van der Waals surface area contributed by atoms with E-state index in [9.17, 15) is 9.36 Å². The molecule has 0 amide bonds. The molecule has 0 aliphatic rings. The molecule has 0 heterocycles. The molecule has 4 nitrogen and oxygen atoms in total. The van der Waals surface area contributed by atoms with Crippen LogP contribution in [-0.4, -0.2) is 25.4 Å². The number of hydrogen-bond donors (Lipinski definition) is 0. The van der Waals surface area contributed by atoms with Crippen LogP contribution in [0.4, 0.5) is 0 Å². The molecule has 0 aliphatic heterocycles. The SMILES string of the molecule is CCC(C)[P](=O)C(=O)c1c(OC)cccc1OC. The second kappa shape index (κ2) is 6.50. The van der Waals surface area contributed by atoms with Gasteiger partial charge in [-0.3, -0.25) is 9.36 Å². The van der Waals surface area contributed by atoms with Gasteiger partial charge in [0.1, 0.15) is 24.9 Å². The van der Waals surface area contributed by atoms with Crippen LogP contribution in [0.25, 0.3) is 0 Å². The first kappa shape index (κ1) is 14.7. The maximum absolute atomic E-state index is 12.3. The van der Waals surface area contributed by atoms with Crippen LogP contribution < -0.4 is 9.47 Å². The average molecular weight is 269 g/mol. The highest BCUT2D eigenvalue weighted by Gasteiger charge is 2.26. The van der Waals surface area contributed by atoms with E-state index in [0.29, 0.717) is 17.9 Å². The van der Waals surface area contributed by atoms with E-state index in [0.717, 1.165) is 0 Å². The highest BCUT2D eigenvalue weighted by atomic mass is 31.1. The van der Waals surface area contributed by atoms with E-state index in [1.807, 2.05) is 6.92 Å². The van der Waals surface area contributed by atoms with Gasteiger partial charge in [-0.25, -0.2) is 0 Å². The molecule has 0 spiro atoms. The Bertz CT molecular complexity index is 434. The van der Waals surface area contributed by atoms with E-state index >= 15 is 0 Å². The van der Waals surface area contributed by atoms with Gasteiger partial charge in [-0.2, -0.15) is 0 Å². The van der Waals surface area contributed by atoms with Gasteiger partial charge in [-0.05, 0) is 18.6 Å². The topological polar surface area (TPSA) is 52.6 Å². The molecule has 1 rings (SSSR count). The van der Waals surface area contributed by atoms with Crippen LogP contribution in [0.2, 0.25) is 0 Å². The van der Waals surface area contributed by atoms with E-state index in [2.05, 4.69) is 0 Å². The Kier molecular flexibility index (Phi) is 5.29. The quantitative estimate of drug-likeness (QED) is 0.742. The largest absolute Gasteiger partial charge is 0.496 e. The number of benzene rings is 1. The summed E-state index contributed by atoms with van der Waals surface area (Å²) in [4.78, 5) is 12.3. The maximum atomic E-state index is 12.3. The van der Waals surface area contributed by atoms with Crippen LogP contribution in [0.3, 0.4) is 0 Å². The summed E-state index contributed by atoms with van der Waals surface area (Å²) in [6, 6.07) is 5.05. The van der Waals surface area contributed by atoms with Crippen molar-refractivity contribution in [3.63, 3.8) is 0 Å². The van der Waals surface area contributed by atoms with Crippen molar-refractivity contribution in [2.45, 2.75) is 25.9 Å². The molecular formula is C13H18O4P. The summed E-state index contributed by atoms with van der Waals surface area (Å²) in [6.45, 7) is 3.71. The van der Waals surface area contributed by atoms with Crippen molar-refractivity contribution < 1.29 is 18.8 Å². The zero-order valence-electron chi connectivity index (χ0n) is 11.1. The number of methoxy groups -OCH3 is 2. The lowest BCUT2D eigenvalue weighted by Crippen LogP contribution is -2.06. The number of hydrogen-bond acceptors (Lipinski definition) is 4. The van der Waals surface area contributed by atoms with Crippen LogP contribution in [-0.2, 0) is 4.57 Å². The van der Waals surface area contributed by atoms with Crippen molar-refractivity contribution in [1.29, 1.82) is 0 Å². The first-order valence-corrected chi connectivity index (χ1v) is 7.11. The van der Waals surface area contributed by atoms with E-state index in [1.165, 1.54) is 14.2 Å². The van der Waals surface area contributed by atoms with Gasteiger partial charge in [0.05, 0.1) is 14.2 Å². The summed E-state index contributed by atoms with van der Waals surface area (Å²) in [5.74, 6) is 0.789. The molecule has 0 N–H and O–H groups in total. The van der Waals surface area contributed by atoms with Gasteiger partial charge in [0.2, 0.25) is 5.52 Å². The molecule has 2 atom stereocenters.